The number of aromatic nitrogens is 5. The molecule has 5 heterocycles. The number of hydrogen-bond donors (Lipinski definition) is 4. The van der Waals surface area contributed by atoms with E-state index in [4.69, 9.17) is 51.0 Å². The lowest BCUT2D eigenvalue weighted by Crippen LogP contribution is -2.00. The van der Waals surface area contributed by atoms with Gasteiger partial charge in [0.2, 0.25) is 23.5 Å². The number of rotatable bonds is 11. The van der Waals surface area contributed by atoms with Gasteiger partial charge < -0.3 is 48.8 Å². The Balaban J connectivity index is 0.000000356. The van der Waals surface area contributed by atoms with Crippen LogP contribution in [0.2, 0.25) is 5.02 Å². The Morgan fingerprint density at radius 3 is 1.63 bits per heavy atom. The highest BCUT2D eigenvalue weighted by atomic mass is 35.5. The molecule has 0 fully saturated rings. The number of carboxylic acids is 4. The number of carbonyl (C=O) groups excluding carboxylic acids is 1. The molecule has 0 aliphatic carbocycles. The van der Waals surface area contributed by atoms with Gasteiger partial charge in [0.25, 0.3) is 12.4 Å². The molecule has 5 aromatic rings. The zero-order chi connectivity index (χ0) is 42.9. The molecule has 0 aliphatic heterocycles. The lowest BCUT2D eigenvalue weighted by molar-refractivity contribution is -0.120. The van der Waals surface area contributed by atoms with E-state index in [0.29, 0.717) is 29.9 Å². The van der Waals surface area contributed by atoms with E-state index in [-0.39, 0.29) is 39.2 Å². The maximum atomic E-state index is 12.8. The first kappa shape index (κ1) is 47.3. The average molecular weight is 818 g/mol. The minimum absolute atomic E-state index is 0.00986. The third-order valence-corrected chi connectivity index (χ3v) is 6.22. The molecular weight excluding hydrogens is 785 g/mol. The van der Waals surface area contributed by atoms with Gasteiger partial charge >= 0.3 is 23.9 Å². The first-order valence-electron chi connectivity index (χ1n) is 15.1. The first-order valence-corrected chi connectivity index (χ1v) is 15.5. The van der Waals surface area contributed by atoms with Crippen molar-refractivity contribution in [3.8, 4) is 35.1 Å². The summed E-state index contributed by atoms with van der Waals surface area (Å²) in [6, 6.07) is 12.9. The van der Waals surface area contributed by atoms with Crippen molar-refractivity contribution in [2.45, 2.75) is 0 Å². The summed E-state index contributed by atoms with van der Waals surface area (Å²) in [6.07, 6.45) is 5.02. The van der Waals surface area contributed by atoms with Crippen LogP contribution in [0.3, 0.4) is 0 Å². The van der Waals surface area contributed by atoms with E-state index in [1.807, 2.05) is 0 Å². The van der Waals surface area contributed by atoms with Crippen molar-refractivity contribution in [3.63, 3.8) is 0 Å². The SMILES string of the molecule is COc1ccc(C(=O)O)cn1.COc1cccc(C(=O)O)n1.COc1ncc(C(=O)O)cc1Cl.COc1ncc(C(=O)O)cc1F.COc1ncccc1OC=O. The minimum Gasteiger partial charge on any atom is -0.481 e. The average Bonchev–Trinajstić information content (AvgIpc) is 3.22. The van der Waals surface area contributed by atoms with Crippen molar-refractivity contribution < 1.29 is 77.2 Å². The van der Waals surface area contributed by atoms with Gasteiger partial charge in [-0.05, 0) is 36.4 Å². The second-order valence-corrected chi connectivity index (χ2v) is 9.94. The van der Waals surface area contributed by atoms with Gasteiger partial charge in [0, 0.05) is 36.9 Å². The van der Waals surface area contributed by atoms with E-state index in [9.17, 15) is 28.4 Å². The topological polar surface area (TPSA) is 286 Å². The number of methoxy groups -OCH3 is 5. The zero-order valence-electron chi connectivity index (χ0n) is 30.4. The molecule has 0 unspecified atom stereocenters. The molecule has 0 amide bonds. The highest BCUT2D eigenvalue weighted by molar-refractivity contribution is 6.32. The van der Waals surface area contributed by atoms with E-state index < -0.39 is 29.7 Å². The number of hydrogen-bond acceptors (Lipinski definition) is 16. The quantitative estimate of drug-likeness (QED) is 0.133. The monoisotopic (exact) mass is 817 g/mol. The largest absolute Gasteiger partial charge is 0.481 e. The fourth-order valence-corrected chi connectivity index (χ4v) is 3.57. The van der Waals surface area contributed by atoms with E-state index in [2.05, 4.69) is 34.4 Å². The number of nitrogens with zero attached hydrogens (tertiary/aromatic N) is 5. The summed E-state index contributed by atoms with van der Waals surface area (Å²) in [7, 11) is 7.04. The normalized spacial score (nSPS) is 9.25. The number of aromatic carboxylic acids is 4. The van der Waals surface area contributed by atoms with Gasteiger partial charge in [-0.2, -0.15) is 0 Å². The first-order chi connectivity index (χ1) is 27.1. The maximum Gasteiger partial charge on any atom is 0.354 e. The van der Waals surface area contributed by atoms with E-state index in [1.54, 1.807) is 30.5 Å². The van der Waals surface area contributed by atoms with Crippen LogP contribution in [0, 0.1) is 5.82 Å². The van der Waals surface area contributed by atoms with Crippen molar-refractivity contribution in [2.75, 3.05) is 35.5 Å². The molecule has 0 bridgehead atoms. The van der Waals surface area contributed by atoms with Gasteiger partial charge in [-0.1, -0.05) is 17.7 Å². The number of pyridine rings is 5. The molecule has 0 atom stereocenters. The molecule has 0 radical (unpaired) electrons. The van der Waals surface area contributed by atoms with Gasteiger partial charge in [-0.15, -0.1) is 0 Å². The molecule has 20 nitrogen and oxygen atoms in total. The van der Waals surface area contributed by atoms with Crippen molar-refractivity contribution in [1.82, 2.24) is 24.9 Å². The Kier molecular flexibility index (Phi) is 21.1. The third kappa shape index (κ3) is 16.9. The van der Waals surface area contributed by atoms with Crippen LogP contribution in [0.15, 0.2) is 79.4 Å². The second kappa shape index (κ2) is 25.4. The summed E-state index contributed by atoms with van der Waals surface area (Å²) in [4.78, 5) is 69.6. The van der Waals surface area contributed by atoms with Crippen LogP contribution in [0.5, 0.6) is 35.1 Å². The Morgan fingerprint density at radius 2 is 1.18 bits per heavy atom. The summed E-state index contributed by atoms with van der Waals surface area (Å²) >= 11 is 5.62. The number of carboxylic acid groups (broad SMARTS) is 4. The number of carbonyl (C=O) groups is 5. The minimum atomic E-state index is -1.22. The standard InChI is InChI=1S/C7H6ClNO3.C7H6FNO3.3C7H7NO3/c2*1-12-6-5(8)2-4(3-9-6)7(10)11;1-11-6-3-2-5(4-8-6)7(9)10;1-10-7-6(11-5-9)3-2-4-8-7;1-11-6-4-2-3-5(8-6)7(9)10/h2*2-3H,1H3,(H,10,11);2-4H,1H3,(H,9,10);2-5H,1H3;2-4H,1H3,(H,9,10). The third-order valence-electron chi connectivity index (χ3n) is 5.94. The van der Waals surface area contributed by atoms with Crippen LogP contribution in [-0.2, 0) is 4.79 Å². The molecule has 57 heavy (non-hydrogen) atoms. The summed E-state index contributed by atoms with van der Waals surface area (Å²) in [5, 5.41) is 34.1. The Labute approximate surface area is 327 Å². The summed E-state index contributed by atoms with van der Waals surface area (Å²) in [5.41, 5.74) is -0.00995. The molecule has 5 rings (SSSR count). The molecule has 0 aliphatic rings. The Bertz CT molecular complexity index is 2030. The predicted octanol–water partition coefficient (Wildman–Crippen LogP) is 4.57. The summed E-state index contributed by atoms with van der Waals surface area (Å²) in [5.74, 6) is -3.73. The Hall–Kier alpha value is -7.68. The highest BCUT2D eigenvalue weighted by Crippen LogP contribution is 2.22. The molecule has 0 saturated carbocycles. The second-order valence-electron chi connectivity index (χ2n) is 9.53. The van der Waals surface area contributed by atoms with Crippen molar-refractivity contribution in [2.24, 2.45) is 0 Å². The molecule has 0 saturated heterocycles. The molecule has 0 spiro atoms. The van der Waals surface area contributed by atoms with E-state index >= 15 is 0 Å². The number of halogens is 2. The predicted molar refractivity (Wildman–Crippen MR) is 193 cm³/mol. The Morgan fingerprint density at radius 1 is 0.614 bits per heavy atom. The zero-order valence-corrected chi connectivity index (χ0v) is 31.1. The number of ether oxygens (including phenoxy) is 6. The van der Waals surface area contributed by atoms with Crippen molar-refractivity contribution >= 4 is 42.0 Å². The lowest BCUT2D eigenvalue weighted by Gasteiger charge is -2.02. The van der Waals surface area contributed by atoms with Crippen LogP contribution >= 0.6 is 11.6 Å². The molecule has 0 aromatic carbocycles. The van der Waals surface area contributed by atoms with Crippen LogP contribution in [-0.4, -0.2) is 111 Å². The highest BCUT2D eigenvalue weighted by Gasteiger charge is 2.10. The van der Waals surface area contributed by atoms with Crippen LogP contribution in [0.4, 0.5) is 4.39 Å². The van der Waals surface area contributed by atoms with E-state index in [1.165, 1.54) is 72.2 Å². The fourth-order valence-electron chi connectivity index (χ4n) is 3.33. The fraction of sp³-hybridized carbons (Fsp3) is 0.143. The smallest absolute Gasteiger partial charge is 0.354 e. The maximum absolute atomic E-state index is 12.8. The van der Waals surface area contributed by atoms with Crippen molar-refractivity contribution in [3.05, 3.63) is 113 Å². The summed E-state index contributed by atoms with van der Waals surface area (Å²) in [6.45, 7) is 0.333. The van der Waals surface area contributed by atoms with Crippen LogP contribution in [0.25, 0.3) is 0 Å². The molecule has 302 valence electrons. The van der Waals surface area contributed by atoms with Crippen LogP contribution < -0.4 is 28.4 Å². The molecule has 4 N–H and O–H groups in total. The molecule has 22 heteroatoms. The van der Waals surface area contributed by atoms with E-state index in [0.717, 1.165) is 12.3 Å². The lowest BCUT2D eigenvalue weighted by atomic mass is 10.3. The van der Waals surface area contributed by atoms with Gasteiger partial charge in [0.05, 0.1) is 52.2 Å². The summed E-state index contributed by atoms with van der Waals surface area (Å²) < 4.78 is 40.8. The van der Waals surface area contributed by atoms with Crippen molar-refractivity contribution in [1.29, 1.82) is 0 Å². The van der Waals surface area contributed by atoms with Gasteiger partial charge in [-0.25, -0.2) is 48.5 Å². The molecule has 5 aromatic heterocycles. The molecular formula is C35H33ClFN5O15. The van der Waals surface area contributed by atoms with Gasteiger partial charge in [0.1, 0.15) is 5.02 Å². The van der Waals surface area contributed by atoms with Gasteiger partial charge in [0.15, 0.2) is 17.3 Å². The van der Waals surface area contributed by atoms with Gasteiger partial charge in [-0.3, -0.25) is 4.79 Å². The van der Waals surface area contributed by atoms with Crippen LogP contribution in [0.1, 0.15) is 41.6 Å².